The molecule has 8 heteroatoms. The van der Waals surface area contributed by atoms with Crippen molar-refractivity contribution in [1.82, 2.24) is 15.6 Å². The first-order valence-electron chi connectivity index (χ1n) is 10.1. The number of urea groups is 1. The zero-order chi connectivity index (χ0) is 20.9. The average Bonchev–Trinajstić information content (AvgIpc) is 3.15. The molecule has 0 unspecified atom stereocenters. The van der Waals surface area contributed by atoms with Crippen molar-refractivity contribution in [2.75, 3.05) is 12.4 Å². The van der Waals surface area contributed by atoms with Gasteiger partial charge >= 0.3 is 6.03 Å². The van der Waals surface area contributed by atoms with Gasteiger partial charge in [0.1, 0.15) is 17.2 Å². The minimum absolute atomic E-state index is 0.150. The standard InChI is InChI=1S/C22H24N4O3S/c1-23-21(27)18-12-17(9-10-24-18)29-16-8-7-14-11-20(30-19(14)13-16)26-22(28)25-15-5-3-2-4-6-15/h7-13,15H,2-6H2,1H3,(H,23,27)(H2,25,26,28). The van der Waals surface area contributed by atoms with Gasteiger partial charge in [-0.25, -0.2) is 4.79 Å². The molecule has 0 aliphatic heterocycles. The second-order valence-corrected chi connectivity index (χ2v) is 8.39. The molecule has 2 aromatic heterocycles. The summed E-state index contributed by atoms with van der Waals surface area (Å²) in [5.41, 5.74) is 0.294. The molecule has 0 atom stereocenters. The van der Waals surface area contributed by atoms with Crippen molar-refractivity contribution in [2.24, 2.45) is 0 Å². The smallest absolute Gasteiger partial charge is 0.320 e. The monoisotopic (exact) mass is 424 g/mol. The Kier molecular flexibility index (Phi) is 6.13. The summed E-state index contributed by atoms with van der Waals surface area (Å²) >= 11 is 1.50. The lowest BCUT2D eigenvalue weighted by molar-refractivity contribution is 0.0958. The van der Waals surface area contributed by atoms with Gasteiger partial charge in [-0.15, -0.1) is 11.3 Å². The van der Waals surface area contributed by atoms with Crippen LogP contribution in [-0.4, -0.2) is 30.0 Å². The van der Waals surface area contributed by atoms with Crippen molar-refractivity contribution in [2.45, 2.75) is 38.1 Å². The van der Waals surface area contributed by atoms with Crippen LogP contribution in [0, 0.1) is 0 Å². The van der Waals surface area contributed by atoms with Crippen LogP contribution in [0.15, 0.2) is 42.6 Å². The Hall–Kier alpha value is -3.13. The number of benzene rings is 1. The SMILES string of the molecule is CNC(=O)c1cc(Oc2ccc3cc(NC(=O)NC4CCCCC4)sc3c2)ccn1. The van der Waals surface area contributed by atoms with Gasteiger partial charge in [0.15, 0.2) is 0 Å². The Balaban J connectivity index is 1.43. The normalized spacial score (nSPS) is 14.3. The van der Waals surface area contributed by atoms with Crippen molar-refractivity contribution in [3.63, 3.8) is 0 Å². The molecule has 1 aliphatic rings. The molecule has 1 saturated carbocycles. The number of fused-ring (bicyclic) bond motifs is 1. The molecule has 3 amide bonds. The van der Waals surface area contributed by atoms with E-state index in [9.17, 15) is 9.59 Å². The number of rotatable bonds is 5. The highest BCUT2D eigenvalue weighted by Gasteiger charge is 2.16. The summed E-state index contributed by atoms with van der Waals surface area (Å²) in [5, 5.41) is 10.4. The van der Waals surface area contributed by atoms with Crippen LogP contribution in [0.5, 0.6) is 11.5 Å². The molecule has 1 fully saturated rings. The molecule has 7 nitrogen and oxygen atoms in total. The van der Waals surface area contributed by atoms with Crippen molar-refractivity contribution in [3.05, 3.63) is 48.3 Å². The lowest BCUT2D eigenvalue weighted by atomic mass is 9.96. The van der Waals surface area contributed by atoms with Gasteiger partial charge in [0.25, 0.3) is 5.91 Å². The molecular formula is C22H24N4O3S. The number of hydrogen-bond donors (Lipinski definition) is 3. The second-order valence-electron chi connectivity index (χ2n) is 7.30. The van der Waals surface area contributed by atoms with Gasteiger partial charge < -0.3 is 15.4 Å². The Morgan fingerprint density at radius 2 is 1.87 bits per heavy atom. The van der Waals surface area contributed by atoms with E-state index in [2.05, 4.69) is 20.9 Å². The third-order valence-electron chi connectivity index (χ3n) is 5.10. The van der Waals surface area contributed by atoms with Gasteiger partial charge in [-0.1, -0.05) is 19.3 Å². The number of aromatic nitrogens is 1. The predicted molar refractivity (Wildman–Crippen MR) is 119 cm³/mol. The van der Waals surface area contributed by atoms with Gasteiger partial charge in [0, 0.05) is 30.1 Å². The number of pyridine rings is 1. The maximum atomic E-state index is 12.3. The summed E-state index contributed by atoms with van der Waals surface area (Å²) in [6.07, 6.45) is 7.26. The third-order valence-corrected chi connectivity index (χ3v) is 6.11. The van der Waals surface area contributed by atoms with E-state index in [1.807, 2.05) is 24.3 Å². The summed E-state index contributed by atoms with van der Waals surface area (Å²) in [6, 6.07) is 11.1. The van der Waals surface area contributed by atoms with E-state index in [1.165, 1.54) is 36.8 Å². The molecule has 4 rings (SSSR count). The van der Waals surface area contributed by atoms with E-state index >= 15 is 0 Å². The number of carbonyl (C=O) groups is 2. The van der Waals surface area contributed by atoms with E-state index in [-0.39, 0.29) is 18.0 Å². The minimum Gasteiger partial charge on any atom is -0.457 e. The fourth-order valence-corrected chi connectivity index (χ4v) is 4.57. The largest absolute Gasteiger partial charge is 0.457 e. The van der Waals surface area contributed by atoms with Crippen molar-refractivity contribution < 1.29 is 14.3 Å². The summed E-state index contributed by atoms with van der Waals surface area (Å²) in [6.45, 7) is 0. The molecular weight excluding hydrogens is 400 g/mol. The molecule has 30 heavy (non-hydrogen) atoms. The van der Waals surface area contributed by atoms with Crippen LogP contribution in [0.3, 0.4) is 0 Å². The first-order valence-corrected chi connectivity index (χ1v) is 10.9. The lowest BCUT2D eigenvalue weighted by Gasteiger charge is -2.22. The third kappa shape index (κ3) is 4.88. The number of nitrogens with zero attached hydrogens (tertiary/aromatic N) is 1. The van der Waals surface area contributed by atoms with Gasteiger partial charge in [-0.3, -0.25) is 15.1 Å². The Bertz CT molecular complexity index is 1060. The summed E-state index contributed by atoms with van der Waals surface area (Å²) in [5.74, 6) is 0.915. The van der Waals surface area contributed by atoms with Crippen molar-refractivity contribution in [1.29, 1.82) is 0 Å². The predicted octanol–water partition coefficient (Wildman–Crippen LogP) is 4.90. The van der Waals surface area contributed by atoms with E-state index in [4.69, 9.17) is 4.74 Å². The van der Waals surface area contributed by atoms with Gasteiger partial charge in [0.2, 0.25) is 0 Å². The first kappa shape index (κ1) is 20.2. The van der Waals surface area contributed by atoms with Crippen molar-refractivity contribution >= 4 is 38.4 Å². The maximum Gasteiger partial charge on any atom is 0.320 e. The van der Waals surface area contributed by atoms with Crippen molar-refractivity contribution in [3.8, 4) is 11.5 Å². The molecule has 156 valence electrons. The Morgan fingerprint density at radius 3 is 2.67 bits per heavy atom. The number of nitrogens with one attached hydrogen (secondary N) is 3. The van der Waals surface area contributed by atoms with E-state index < -0.39 is 0 Å². The second kappa shape index (κ2) is 9.13. The first-order chi connectivity index (χ1) is 14.6. The van der Waals surface area contributed by atoms with Crippen LogP contribution in [0.2, 0.25) is 0 Å². The topological polar surface area (TPSA) is 92.4 Å². The van der Waals surface area contributed by atoms with Crippen LogP contribution >= 0.6 is 11.3 Å². The van der Waals surface area contributed by atoms with Gasteiger partial charge in [-0.05, 0) is 48.6 Å². The Morgan fingerprint density at radius 1 is 1.07 bits per heavy atom. The molecule has 2 heterocycles. The maximum absolute atomic E-state index is 12.3. The summed E-state index contributed by atoms with van der Waals surface area (Å²) < 4.78 is 6.90. The average molecular weight is 425 g/mol. The molecule has 3 aromatic rings. The molecule has 0 radical (unpaired) electrons. The highest BCUT2D eigenvalue weighted by Crippen LogP contribution is 2.34. The zero-order valence-electron chi connectivity index (χ0n) is 16.7. The number of amides is 3. The van der Waals surface area contributed by atoms with Crippen LogP contribution in [0.1, 0.15) is 42.6 Å². The van der Waals surface area contributed by atoms with Crippen LogP contribution in [0.25, 0.3) is 10.1 Å². The summed E-state index contributed by atoms with van der Waals surface area (Å²) in [7, 11) is 1.56. The highest BCUT2D eigenvalue weighted by molar-refractivity contribution is 7.23. The van der Waals surface area contributed by atoms with E-state index in [1.54, 1.807) is 19.2 Å². The zero-order valence-corrected chi connectivity index (χ0v) is 17.6. The van der Waals surface area contributed by atoms with E-state index in [0.717, 1.165) is 27.9 Å². The molecule has 3 N–H and O–H groups in total. The number of thiophene rings is 1. The molecule has 0 bridgehead atoms. The fourth-order valence-electron chi connectivity index (χ4n) is 3.58. The number of ether oxygens (including phenoxy) is 1. The van der Waals surface area contributed by atoms with Crippen LogP contribution in [-0.2, 0) is 0 Å². The van der Waals surface area contributed by atoms with Crippen LogP contribution in [0.4, 0.5) is 9.80 Å². The molecule has 1 aliphatic carbocycles. The minimum atomic E-state index is -0.267. The number of hydrogen-bond acceptors (Lipinski definition) is 5. The van der Waals surface area contributed by atoms with Gasteiger partial charge in [-0.2, -0.15) is 0 Å². The highest BCUT2D eigenvalue weighted by atomic mass is 32.1. The molecule has 0 saturated heterocycles. The fraction of sp³-hybridized carbons (Fsp3) is 0.318. The van der Waals surface area contributed by atoms with Crippen LogP contribution < -0.4 is 20.7 Å². The number of anilines is 1. The number of carbonyl (C=O) groups excluding carboxylic acids is 2. The molecule has 1 aromatic carbocycles. The van der Waals surface area contributed by atoms with Gasteiger partial charge in [0.05, 0.1) is 5.00 Å². The molecule has 0 spiro atoms. The Labute approximate surface area is 178 Å². The summed E-state index contributed by atoms with van der Waals surface area (Å²) in [4.78, 5) is 28.1. The quantitative estimate of drug-likeness (QED) is 0.543. The lowest BCUT2D eigenvalue weighted by Crippen LogP contribution is -2.38. The van der Waals surface area contributed by atoms with E-state index in [0.29, 0.717) is 17.2 Å².